The molecule has 0 saturated carbocycles. The van der Waals surface area contributed by atoms with E-state index in [9.17, 15) is 4.79 Å². The lowest BCUT2D eigenvalue weighted by atomic mass is 10.1. The summed E-state index contributed by atoms with van der Waals surface area (Å²) in [5, 5.41) is 6.72. The largest absolute Gasteiger partial charge is 0.350 e. The first-order valence-corrected chi connectivity index (χ1v) is 6.68. The lowest BCUT2D eigenvalue weighted by molar-refractivity contribution is -0.121. The maximum atomic E-state index is 11.4. The van der Waals surface area contributed by atoms with Gasteiger partial charge in [0.05, 0.1) is 6.54 Å². The Morgan fingerprint density at radius 2 is 2.00 bits per heavy atom. The number of carbonyl (C=O) groups excluding carboxylic acids is 1. The molecule has 0 aliphatic carbocycles. The third kappa shape index (κ3) is 10.1. The van der Waals surface area contributed by atoms with Gasteiger partial charge in [0.1, 0.15) is 0 Å². The Labute approximate surface area is 97.8 Å². The second kappa shape index (κ2) is 7.12. The summed E-state index contributed by atoms with van der Waals surface area (Å²) >= 11 is 1.85. The maximum absolute atomic E-state index is 11.4. The fraction of sp³-hybridized carbons (Fsp3) is 0.909. The fourth-order valence-corrected chi connectivity index (χ4v) is 1.44. The average Bonchev–Trinajstić information content (AvgIpc) is 2.09. The quantitative estimate of drug-likeness (QED) is 0.684. The minimum Gasteiger partial charge on any atom is -0.350 e. The summed E-state index contributed by atoms with van der Waals surface area (Å²) in [6, 6.07) is 0. The van der Waals surface area contributed by atoms with Crippen molar-refractivity contribution in [1.29, 1.82) is 0 Å². The molecule has 90 valence electrons. The third-order valence-corrected chi connectivity index (χ3v) is 2.97. The highest BCUT2D eigenvalue weighted by Crippen LogP contribution is 2.07. The molecule has 1 amide bonds. The molecule has 0 spiro atoms. The van der Waals surface area contributed by atoms with E-state index in [1.807, 2.05) is 32.5 Å². The van der Waals surface area contributed by atoms with Gasteiger partial charge in [0.2, 0.25) is 5.91 Å². The molecule has 0 saturated heterocycles. The molecule has 0 fully saturated rings. The highest BCUT2D eigenvalue weighted by molar-refractivity contribution is 7.99. The smallest absolute Gasteiger partial charge is 0.234 e. The fourth-order valence-electron chi connectivity index (χ4n) is 1.09. The van der Waals surface area contributed by atoms with Crippen LogP contribution in [-0.2, 0) is 4.79 Å². The van der Waals surface area contributed by atoms with Crippen LogP contribution in [0.25, 0.3) is 0 Å². The molecule has 0 heterocycles. The standard InChI is InChI=1S/C11H24N2OS/c1-9(15-5)6-7-12-8-10(14)13-11(2,3)4/h9,12H,6-8H2,1-5H3,(H,13,14). The number of thioether (sulfide) groups is 1. The molecule has 1 atom stereocenters. The van der Waals surface area contributed by atoms with Crippen LogP contribution < -0.4 is 10.6 Å². The Bertz CT molecular complexity index is 190. The average molecular weight is 232 g/mol. The van der Waals surface area contributed by atoms with Gasteiger partial charge >= 0.3 is 0 Å². The Morgan fingerprint density at radius 3 is 2.47 bits per heavy atom. The predicted octanol–water partition coefficient (Wildman–Crippen LogP) is 1.63. The topological polar surface area (TPSA) is 41.1 Å². The van der Waals surface area contributed by atoms with Gasteiger partial charge in [0.15, 0.2) is 0 Å². The van der Waals surface area contributed by atoms with E-state index in [1.165, 1.54) is 0 Å². The summed E-state index contributed by atoms with van der Waals surface area (Å²) in [5.41, 5.74) is -0.134. The molecule has 0 aliphatic heterocycles. The van der Waals surface area contributed by atoms with Crippen LogP contribution in [0.3, 0.4) is 0 Å². The van der Waals surface area contributed by atoms with Crippen LogP contribution in [0.5, 0.6) is 0 Å². The lowest BCUT2D eigenvalue weighted by Crippen LogP contribution is -2.45. The molecule has 1 unspecified atom stereocenters. The van der Waals surface area contributed by atoms with E-state index in [0.717, 1.165) is 13.0 Å². The van der Waals surface area contributed by atoms with Gasteiger partial charge in [-0.3, -0.25) is 4.79 Å². The Morgan fingerprint density at radius 1 is 1.40 bits per heavy atom. The number of carbonyl (C=O) groups is 1. The van der Waals surface area contributed by atoms with E-state index >= 15 is 0 Å². The number of hydrogen-bond donors (Lipinski definition) is 2. The number of hydrogen-bond acceptors (Lipinski definition) is 3. The van der Waals surface area contributed by atoms with Crippen LogP contribution in [-0.4, -0.2) is 36.0 Å². The van der Waals surface area contributed by atoms with E-state index < -0.39 is 0 Å². The summed E-state index contributed by atoms with van der Waals surface area (Å²) in [4.78, 5) is 11.4. The van der Waals surface area contributed by atoms with Crippen molar-refractivity contribution in [3.63, 3.8) is 0 Å². The van der Waals surface area contributed by atoms with Crippen molar-refractivity contribution in [2.24, 2.45) is 0 Å². The van der Waals surface area contributed by atoms with Crippen molar-refractivity contribution in [3.8, 4) is 0 Å². The molecule has 3 nitrogen and oxygen atoms in total. The molecule has 0 aromatic rings. The minimum atomic E-state index is -0.134. The number of rotatable bonds is 6. The monoisotopic (exact) mass is 232 g/mol. The van der Waals surface area contributed by atoms with Crippen molar-refractivity contribution >= 4 is 17.7 Å². The zero-order valence-electron chi connectivity index (χ0n) is 10.5. The van der Waals surface area contributed by atoms with Crippen molar-refractivity contribution in [2.45, 2.75) is 44.9 Å². The van der Waals surface area contributed by atoms with Crippen LogP contribution in [0.4, 0.5) is 0 Å². The second-order valence-corrected chi connectivity index (χ2v) is 6.09. The Hall–Kier alpha value is -0.220. The van der Waals surface area contributed by atoms with Gasteiger partial charge in [-0.2, -0.15) is 11.8 Å². The maximum Gasteiger partial charge on any atom is 0.234 e. The van der Waals surface area contributed by atoms with Gasteiger partial charge in [-0.1, -0.05) is 6.92 Å². The van der Waals surface area contributed by atoms with E-state index in [1.54, 1.807) is 0 Å². The molecule has 0 bridgehead atoms. The molecule has 0 aromatic heterocycles. The normalized spacial score (nSPS) is 13.7. The van der Waals surface area contributed by atoms with E-state index in [2.05, 4.69) is 23.8 Å². The van der Waals surface area contributed by atoms with E-state index in [4.69, 9.17) is 0 Å². The summed E-state index contributed by atoms with van der Waals surface area (Å²) in [6.07, 6.45) is 3.21. The van der Waals surface area contributed by atoms with E-state index in [0.29, 0.717) is 11.8 Å². The van der Waals surface area contributed by atoms with Gasteiger partial charge in [-0.05, 0) is 40.0 Å². The first kappa shape index (κ1) is 14.8. The van der Waals surface area contributed by atoms with Crippen LogP contribution in [0.15, 0.2) is 0 Å². The van der Waals surface area contributed by atoms with Crippen molar-refractivity contribution < 1.29 is 4.79 Å². The van der Waals surface area contributed by atoms with Crippen molar-refractivity contribution in [2.75, 3.05) is 19.3 Å². The predicted molar refractivity (Wildman–Crippen MR) is 68.4 cm³/mol. The lowest BCUT2D eigenvalue weighted by Gasteiger charge is -2.20. The molecule has 4 heteroatoms. The van der Waals surface area contributed by atoms with Gasteiger partial charge in [-0.15, -0.1) is 0 Å². The summed E-state index contributed by atoms with van der Waals surface area (Å²) in [6.45, 7) is 9.47. The second-order valence-electron chi connectivity index (χ2n) is 4.81. The van der Waals surface area contributed by atoms with Gasteiger partial charge in [0.25, 0.3) is 0 Å². The first-order chi connectivity index (χ1) is 6.85. The van der Waals surface area contributed by atoms with Crippen LogP contribution in [0, 0.1) is 0 Å². The number of nitrogens with one attached hydrogen (secondary N) is 2. The third-order valence-electron chi connectivity index (χ3n) is 1.93. The highest BCUT2D eigenvalue weighted by Gasteiger charge is 2.12. The van der Waals surface area contributed by atoms with Crippen LogP contribution in [0.1, 0.15) is 34.1 Å². The molecule has 15 heavy (non-hydrogen) atoms. The molecular formula is C11H24N2OS. The van der Waals surface area contributed by atoms with Gasteiger partial charge in [0, 0.05) is 10.8 Å². The SMILES string of the molecule is CSC(C)CCNCC(=O)NC(C)(C)C. The zero-order chi connectivity index (χ0) is 11.9. The van der Waals surface area contributed by atoms with E-state index in [-0.39, 0.29) is 11.4 Å². The molecule has 0 radical (unpaired) electrons. The molecule has 0 rings (SSSR count). The molecule has 0 aromatic carbocycles. The van der Waals surface area contributed by atoms with Crippen molar-refractivity contribution in [1.82, 2.24) is 10.6 Å². The van der Waals surface area contributed by atoms with Gasteiger partial charge in [-0.25, -0.2) is 0 Å². The summed E-state index contributed by atoms with van der Waals surface area (Å²) in [5.74, 6) is 0.0688. The van der Waals surface area contributed by atoms with Crippen LogP contribution in [0.2, 0.25) is 0 Å². The molecular weight excluding hydrogens is 208 g/mol. The summed E-state index contributed by atoms with van der Waals surface area (Å²) < 4.78 is 0. The highest BCUT2D eigenvalue weighted by atomic mass is 32.2. The number of amides is 1. The molecule has 2 N–H and O–H groups in total. The molecule has 0 aliphatic rings. The summed E-state index contributed by atoms with van der Waals surface area (Å²) in [7, 11) is 0. The Balaban J connectivity index is 3.48. The minimum absolute atomic E-state index is 0.0688. The van der Waals surface area contributed by atoms with Crippen LogP contribution >= 0.6 is 11.8 Å². The zero-order valence-corrected chi connectivity index (χ0v) is 11.3. The van der Waals surface area contributed by atoms with Crippen molar-refractivity contribution in [3.05, 3.63) is 0 Å². The Kier molecular flexibility index (Phi) is 7.02. The first-order valence-electron chi connectivity index (χ1n) is 5.39. The van der Waals surface area contributed by atoms with Gasteiger partial charge < -0.3 is 10.6 Å².